The van der Waals surface area contributed by atoms with Gasteiger partial charge >= 0.3 is 0 Å². The molecule has 0 unspecified atom stereocenters. The fourth-order valence-electron chi connectivity index (χ4n) is 2.89. The highest BCUT2D eigenvalue weighted by molar-refractivity contribution is 7.99. The first-order valence-corrected chi connectivity index (χ1v) is 8.53. The Morgan fingerprint density at radius 2 is 1.95 bits per heavy atom. The highest BCUT2D eigenvalue weighted by Gasteiger charge is 2.26. The smallest absolute Gasteiger partial charge is 0.195 e. The van der Waals surface area contributed by atoms with Crippen molar-refractivity contribution in [2.24, 2.45) is 0 Å². The summed E-state index contributed by atoms with van der Waals surface area (Å²) in [7, 11) is 0. The number of hydrogen-bond acceptors (Lipinski definition) is 4. The van der Waals surface area contributed by atoms with Crippen molar-refractivity contribution in [2.75, 3.05) is 12.4 Å². The van der Waals surface area contributed by atoms with E-state index in [4.69, 9.17) is 5.11 Å². The van der Waals surface area contributed by atoms with Gasteiger partial charge in [-0.1, -0.05) is 42.1 Å². The molecule has 1 fully saturated rings. The Morgan fingerprint density at radius 1 is 1.14 bits per heavy atom. The lowest BCUT2D eigenvalue weighted by Gasteiger charge is -2.12. The molecule has 22 heavy (non-hydrogen) atoms. The van der Waals surface area contributed by atoms with Crippen molar-refractivity contribution in [3.05, 3.63) is 48.3 Å². The van der Waals surface area contributed by atoms with Crippen LogP contribution >= 0.6 is 11.8 Å². The van der Waals surface area contributed by atoms with E-state index in [0.29, 0.717) is 5.75 Å². The van der Waals surface area contributed by atoms with Crippen LogP contribution in [0.3, 0.4) is 0 Å². The molecule has 1 N–H and O–H groups in total. The molecule has 4 rings (SSSR count). The number of aliphatic hydroxyl groups is 1. The SMILES string of the molecule is OCCSc1nncn1-c1ccc(C2CC2)c2ccccc12. The minimum Gasteiger partial charge on any atom is -0.396 e. The average Bonchev–Trinajstić information content (AvgIpc) is 3.30. The van der Waals surface area contributed by atoms with Crippen molar-refractivity contribution in [2.45, 2.75) is 23.9 Å². The van der Waals surface area contributed by atoms with Crippen LogP contribution in [0.2, 0.25) is 0 Å². The van der Waals surface area contributed by atoms with E-state index in [-0.39, 0.29) is 6.61 Å². The minimum atomic E-state index is 0.138. The number of aliphatic hydroxyl groups excluding tert-OH is 1. The van der Waals surface area contributed by atoms with Gasteiger partial charge in [0.1, 0.15) is 6.33 Å². The Kier molecular flexibility index (Phi) is 3.60. The Hall–Kier alpha value is -1.85. The normalized spacial score (nSPS) is 14.6. The number of hydrogen-bond donors (Lipinski definition) is 1. The zero-order valence-corrected chi connectivity index (χ0v) is 13.0. The zero-order chi connectivity index (χ0) is 14.9. The highest BCUT2D eigenvalue weighted by atomic mass is 32.2. The second-order valence-electron chi connectivity index (χ2n) is 5.55. The van der Waals surface area contributed by atoms with Crippen LogP contribution < -0.4 is 0 Å². The predicted molar refractivity (Wildman–Crippen MR) is 88.6 cm³/mol. The summed E-state index contributed by atoms with van der Waals surface area (Å²) in [5.74, 6) is 1.35. The van der Waals surface area contributed by atoms with Gasteiger partial charge in [0.25, 0.3) is 0 Å². The lowest BCUT2D eigenvalue weighted by atomic mass is 9.99. The lowest BCUT2D eigenvalue weighted by Crippen LogP contribution is -1.99. The summed E-state index contributed by atoms with van der Waals surface area (Å²) >= 11 is 1.52. The van der Waals surface area contributed by atoms with E-state index < -0.39 is 0 Å². The van der Waals surface area contributed by atoms with E-state index in [0.717, 1.165) is 16.8 Å². The maximum atomic E-state index is 9.02. The van der Waals surface area contributed by atoms with Gasteiger partial charge in [-0.15, -0.1) is 10.2 Å². The van der Waals surface area contributed by atoms with Gasteiger partial charge in [0.05, 0.1) is 12.3 Å². The molecule has 1 aromatic heterocycles. The standard InChI is InChI=1S/C17H17N3OS/c21-9-10-22-17-19-18-11-20(17)16-8-7-13(12-5-6-12)14-3-1-2-4-15(14)16/h1-4,7-8,11-12,21H,5-6,9-10H2. The minimum absolute atomic E-state index is 0.138. The summed E-state index contributed by atoms with van der Waals surface area (Å²) in [5.41, 5.74) is 2.56. The molecule has 1 saturated carbocycles. The van der Waals surface area contributed by atoms with Gasteiger partial charge in [-0.3, -0.25) is 4.57 Å². The maximum absolute atomic E-state index is 9.02. The number of aromatic nitrogens is 3. The van der Waals surface area contributed by atoms with Gasteiger partial charge in [-0.05, 0) is 35.8 Å². The number of rotatable bonds is 5. The van der Waals surface area contributed by atoms with E-state index in [2.05, 4.69) is 46.6 Å². The molecule has 5 heteroatoms. The molecule has 0 amide bonds. The average molecular weight is 311 g/mol. The van der Waals surface area contributed by atoms with Crippen LogP contribution in [-0.2, 0) is 0 Å². The van der Waals surface area contributed by atoms with Gasteiger partial charge in [0, 0.05) is 11.1 Å². The highest BCUT2D eigenvalue weighted by Crippen LogP contribution is 2.44. The molecule has 1 aliphatic rings. The van der Waals surface area contributed by atoms with Gasteiger partial charge in [0.15, 0.2) is 5.16 Å². The number of thioether (sulfide) groups is 1. The summed E-state index contributed by atoms with van der Waals surface area (Å²) in [6.45, 7) is 0.138. The van der Waals surface area contributed by atoms with E-state index in [9.17, 15) is 0 Å². The summed E-state index contributed by atoms with van der Waals surface area (Å²) in [6, 6.07) is 13.0. The molecule has 0 radical (unpaired) electrons. The van der Waals surface area contributed by atoms with E-state index >= 15 is 0 Å². The van der Waals surface area contributed by atoms with Gasteiger partial charge < -0.3 is 5.11 Å². The van der Waals surface area contributed by atoms with Gasteiger partial charge in [-0.2, -0.15) is 0 Å². The molecular formula is C17H17N3OS. The van der Waals surface area contributed by atoms with Crippen LogP contribution in [-0.4, -0.2) is 32.2 Å². The van der Waals surface area contributed by atoms with Crippen LogP contribution in [0.15, 0.2) is 47.9 Å². The number of nitrogens with zero attached hydrogens (tertiary/aromatic N) is 3. The first-order chi connectivity index (χ1) is 10.9. The van der Waals surface area contributed by atoms with Crippen LogP contribution in [0.25, 0.3) is 16.5 Å². The number of benzene rings is 2. The topological polar surface area (TPSA) is 50.9 Å². The third-order valence-corrected chi connectivity index (χ3v) is 4.97. The first-order valence-electron chi connectivity index (χ1n) is 7.54. The summed E-state index contributed by atoms with van der Waals surface area (Å²) < 4.78 is 2.01. The molecule has 1 aliphatic carbocycles. The monoisotopic (exact) mass is 311 g/mol. The lowest BCUT2D eigenvalue weighted by molar-refractivity contribution is 0.322. The molecule has 0 atom stereocenters. The van der Waals surface area contributed by atoms with E-state index in [1.165, 1.54) is 40.9 Å². The molecule has 112 valence electrons. The van der Waals surface area contributed by atoms with Gasteiger partial charge in [0.2, 0.25) is 0 Å². The maximum Gasteiger partial charge on any atom is 0.195 e. The molecule has 0 saturated heterocycles. The molecule has 0 aliphatic heterocycles. The van der Waals surface area contributed by atoms with Crippen molar-refractivity contribution >= 4 is 22.5 Å². The second-order valence-corrected chi connectivity index (χ2v) is 6.61. The van der Waals surface area contributed by atoms with Gasteiger partial charge in [-0.25, -0.2) is 0 Å². The molecule has 3 aromatic rings. The molecule has 0 bridgehead atoms. The summed E-state index contributed by atoms with van der Waals surface area (Å²) in [5, 5.41) is 20.6. The van der Waals surface area contributed by atoms with Crippen molar-refractivity contribution in [1.82, 2.24) is 14.8 Å². The van der Waals surface area contributed by atoms with Crippen molar-refractivity contribution in [1.29, 1.82) is 0 Å². The molecule has 1 heterocycles. The quantitative estimate of drug-likeness (QED) is 0.734. The molecule has 0 spiro atoms. The van der Waals surface area contributed by atoms with E-state index in [1.54, 1.807) is 6.33 Å². The summed E-state index contributed by atoms with van der Waals surface area (Å²) in [6.07, 6.45) is 4.35. The first kappa shape index (κ1) is 13.8. The van der Waals surface area contributed by atoms with Crippen LogP contribution in [0.1, 0.15) is 24.3 Å². The predicted octanol–water partition coefficient (Wildman–Crippen LogP) is 3.38. The van der Waals surface area contributed by atoms with Crippen molar-refractivity contribution in [3.63, 3.8) is 0 Å². The van der Waals surface area contributed by atoms with Crippen LogP contribution in [0.4, 0.5) is 0 Å². The Morgan fingerprint density at radius 3 is 2.73 bits per heavy atom. The second kappa shape index (κ2) is 5.74. The largest absolute Gasteiger partial charge is 0.396 e. The fraction of sp³-hybridized carbons (Fsp3) is 0.294. The third kappa shape index (κ3) is 2.40. The Bertz CT molecular complexity index is 811. The van der Waals surface area contributed by atoms with Crippen LogP contribution in [0.5, 0.6) is 0 Å². The van der Waals surface area contributed by atoms with E-state index in [1.807, 2.05) is 4.57 Å². The Balaban J connectivity index is 1.86. The zero-order valence-electron chi connectivity index (χ0n) is 12.1. The third-order valence-electron chi connectivity index (χ3n) is 4.05. The number of fused-ring (bicyclic) bond motifs is 1. The summed E-state index contributed by atoms with van der Waals surface area (Å²) in [4.78, 5) is 0. The van der Waals surface area contributed by atoms with Crippen molar-refractivity contribution < 1.29 is 5.11 Å². The Labute approximate surface area is 133 Å². The molecular weight excluding hydrogens is 294 g/mol. The van der Waals surface area contributed by atoms with Crippen molar-refractivity contribution in [3.8, 4) is 5.69 Å². The fourth-order valence-corrected chi connectivity index (χ4v) is 3.56. The van der Waals surface area contributed by atoms with Crippen LogP contribution in [0, 0.1) is 0 Å². The molecule has 4 nitrogen and oxygen atoms in total. The molecule has 2 aromatic carbocycles.